The van der Waals surface area contributed by atoms with Crippen molar-refractivity contribution in [3.8, 4) is 0 Å². The number of pyridine rings is 1. The SMILES string of the molecule is O=C(CN1CCOCC1)N[C@H]1CC[C@H](C(=O)NCCc2cccnc2)C[C@@H]1O. The van der Waals surface area contributed by atoms with E-state index < -0.39 is 6.10 Å². The van der Waals surface area contributed by atoms with Crippen molar-refractivity contribution in [1.29, 1.82) is 0 Å². The molecule has 2 heterocycles. The third kappa shape index (κ3) is 6.25. The molecule has 8 nitrogen and oxygen atoms in total. The fourth-order valence-corrected chi connectivity index (χ4v) is 3.79. The van der Waals surface area contributed by atoms with Crippen molar-refractivity contribution in [1.82, 2.24) is 20.5 Å². The Morgan fingerprint density at radius 1 is 1.29 bits per heavy atom. The van der Waals surface area contributed by atoms with Gasteiger partial charge in [0.1, 0.15) is 0 Å². The molecule has 0 bridgehead atoms. The molecule has 154 valence electrons. The standard InChI is InChI=1S/C20H30N4O4/c25-18-12-16(20(27)22-7-5-15-2-1-6-21-13-15)3-4-17(18)23-19(26)14-24-8-10-28-11-9-24/h1-2,6,13,16-18,25H,3-5,7-12,14H2,(H,22,27)(H,23,26)/t16-,17-,18-/m0/s1. The molecule has 0 unspecified atom stereocenters. The number of aliphatic hydroxyl groups is 1. The highest BCUT2D eigenvalue weighted by Gasteiger charge is 2.33. The Bertz CT molecular complexity index is 636. The number of aromatic nitrogens is 1. The molecule has 1 aromatic rings. The molecular weight excluding hydrogens is 360 g/mol. The van der Waals surface area contributed by atoms with Gasteiger partial charge in [-0.1, -0.05) is 6.07 Å². The minimum absolute atomic E-state index is 0.0268. The molecule has 3 N–H and O–H groups in total. The number of amides is 2. The Morgan fingerprint density at radius 3 is 2.82 bits per heavy atom. The zero-order chi connectivity index (χ0) is 19.8. The van der Waals surface area contributed by atoms with Crippen LogP contribution in [0.2, 0.25) is 0 Å². The van der Waals surface area contributed by atoms with Gasteiger partial charge in [-0.2, -0.15) is 0 Å². The number of rotatable bonds is 7. The lowest BCUT2D eigenvalue weighted by Gasteiger charge is -2.34. The molecule has 0 aromatic carbocycles. The molecule has 2 aliphatic rings. The topological polar surface area (TPSA) is 104 Å². The highest BCUT2D eigenvalue weighted by atomic mass is 16.5. The van der Waals surface area contributed by atoms with E-state index in [1.807, 2.05) is 17.0 Å². The number of nitrogens with zero attached hydrogens (tertiary/aromatic N) is 2. The lowest BCUT2D eigenvalue weighted by Crippen LogP contribution is -2.52. The van der Waals surface area contributed by atoms with Gasteiger partial charge in [0.2, 0.25) is 11.8 Å². The first-order valence-electron chi connectivity index (χ1n) is 10.1. The van der Waals surface area contributed by atoms with Gasteiger partial charge in [-0.25, -0.2) is 0 Å². The highest BCUT2D eigenvalue weighted by molar-refractivity contribution is 5.79. The average Bonchev–Trinajstić information content (AvgIpc) is 2.71. The summed E-state index contributed by atoms with van der Waals surface area (Å²) in [7, 11) is 0. The summed E-state index contributed by atoms with van der Waals surface area (Å²) >= 11 is 0. The Labute approximate surface area is 165 Å². The van der Waals surface area contributed by atoms with Crippen molar-refractivity contribution < 1.29 is 19.4 Å². The van der Waals surface area contributed by atoms with E-state index in [0.29, 0.717) is 45.6 Å². The average molecular weight is 390 g/mol. The van der Waals surface area contributed by atoms with Crippen LogP contribution in [0.15, 0.2) is 24.5 Å². The van der Waals surface area contributed by atoms with Crippen LogP contribution >= 0.6 is 0 Å². The lowest BCUT2D eigenvalue weighted by molar-refractivity contribution is -0.128. The summed E-state index contributed by atoms with van der Waals surface area (Å²) in [5.41, 5.74) is 1.08. The third-order valence-electron chi connectivity index (χ3n) is 5.44. The van der Waals surface area contributed by atoms with Crippen LogP contribution in [0.1, 0.15) is 24.8 Å². The molecule has 28 heavy (non-hydrogen) atoms. The number of carbonyl (C=O) groups excluding carboxylic acids is 2. The predicted molar refractivity (Wildman–Crippen MR) is 103 cm³/mol. The van der Waals surface area contributed by atoms with E-state index in [0.717, 1.165) is 25.1 Å². The first-order chi connectivity index (χ1) is 13.6. The number of ether oxygens (including phenoxy) is 1. The van der Waals surface area contributed by atoms with E-state index in [1.54, 1.807) is 12.4 Å². The number of aliphatic hydroxyl groups excluding tert-OH is 1. The molecule has 2 fully saturated rings. The molecule has 0 spiro atoms. The fraction of sp³-hybridized carbons (Fsp3) is 0.650. The molecule has 3 atom stereocenters. The van der Waals surface area contributed by atoms with Crippen molar-refractivity contribution in [3.05, 3.63) is 30.1 Å². The van der Waals surface area contributed by atoms with E-state index >= 15 is 0 Å². The number of hydrogen-bond donors (Lipinski definition) is 3. The van der Waals surface area contributed by atoms with E-state index in [1.165, 1.54) is 0 Å². The van der Waals surface area contributed by atoms with Crippen molar-refractivity contribution in [3.63, 3.8) is 0 Å². The monoisotopic (exact) mass is 390 g/mol. The lowest BCUT2D eigenvalue weighted by atomic mass is 9.83. The zero-order valence-corrected chi connectivity index (χ0v) is 16.2. The van der Waals surface area contributed by atoms with Crippen molar-refractivity contribution in [2.45, 2.75) is 37.8 Å². The summed E-state index contributed by atoms with van der Waals surface area (Å²) in [6.45, 7) is 3.68. The summed E-state index contributed by atoms with van der Waals surface area (Å²) in [6.07, 6.45) is 5.20. The molecule has 3 rings (SSSR count). The molecular formula is C20H30N4O4. The van der Waals surface area contributed by atoms with Crippen LogP contribution in [0.5, 0.6) is 0 Å². The smallest absolute Gasteiger partial charge is 0.234 e. The molecule has 1 aliphatic carbocycles. The first kappa shape index (κ1) is 20.7. The van der Waals surface area contributed by atoms with Gasteiger partial charge in [-0.3, -0.25) is 19.5 Å². The van der Waals surface area contributed by atoms with E-state index in [2.05, 4.69) is 15.6 Å². The Balaban J connectivity index is 1.36. The van der Waals surface area contributed by atoms with Gasteiger partial charge < -0.3 is 20.5 Å². The summed E-state index contributed by atoms with van der Waals surface area (Å²) in [5.74, 6) is -0.317. The largest absolute Gasteiger partial charge is 0.391 e. The Hall–Kier alpha value is -2.03. The van der Waals surface area contributed by atoms with Crippen LogP contribution in [0.3, 0.4) is 0 Å². The van der Waals surface area contributed by atoms with Crippen molar-refractivity contribution >= 4 is 11.8 Å². The van der Waals surface area contributed by atoms with E-state index in [9.17, 15) is 14.7 Å². The number of nitrogens with one attached hydrogen (secondary N) is 2. The summed E-state index contributed by atoms with van der Waals surface area (Å²) in [6, 6.07) is 3.57. The van der Waals surface area contributed by atoms with Crippen molar-refractivity contribution in [2.75, 3.05) is 39.4 Å². The number of carbonyl (C=O) groups is 2. The normalized spacial score (nSPS) is 25.8. The second kappa shape index (κ2) is 10.5. The highest BCUT2D eigenvalue weighted by Crippen LogP contribution is 2.25. The van der Waals surface area contributed by atoms with Crippen LogP contribution in [-0.4, -0.2) is 78.3 Å². The van der Waals surface area contributed by atoms with Gasteiger partial charge in [0.05, 0.1) is 31.9 Å². The van der Waals surface area contributed by atoms with E-state index in [4.69, 9.17) is 4.74 Å². The second-order valence-electron chi connectivity index (χ2n) is 7.54. The quantitative estimate of drug-likeness (QED) is 0.592. The maximum atomic E-state index is 12.4. The Morgan fingerprint density at radius 2 is 2.11 bits per heavy atom. The van der Waals surface area contributed by atoms with Gasteiger partial charge in [0.15, 0.2) is 0 Å². The van der Waals surface area contributed by atoms with E-state index in [-0.39, 0.29) is 23.8 Å². The van der Waals surface area contributed by atoms with Gasteiger partial charge in [0, 0.05) is 37.9 Å². The van der Waals surface area contributed by atoms with Crippen LogP contribution in [0, 0.1) is 5.92 Å². The fourth-order valence-electron chi connectivity index (χ4n) is 3.79. The molecule has 1 saturated carbocycles. The van der Waals surface area contributed by atoms with Crippen LogP contribution in [0.4, 0.5) is 0 Å². The van der Waals surface area contributed by atoms with Gasteiger partial charge in [-0.15, -0.1) is 0 Å². The molecule has 2 amide bonds. The summed E-state index contributed by atoms with van der Waals surface area (Å²) in [5, 5.41) is 16.3. The minimum Gasteiger partial charge on any atom is -0.391 e. The number of hydrogen-bond acceptors (Lipinski definition) is 6. The van der Waals surface area contributed by atoms with Gasteiger partial charge in [0.25, 0.3) is 0 Å². The first-order valence-corrected chi connectivity index (χ1v) is 10.1. The molecule has 1 saturated heterocycles. The second-order valence-corrected chi connectivity index (χ2v) is 7.54. The van der Waals surface area contributed by atoms with Gasteiger partial charge in [-0.05, 0) is 37.3 Å². The van der Waals surface area contributed by atoms with Gasteiger partial charge >= 0.3 is 0 Å². The molecule has 0 radical (unpaired) electrons. The maximum Gasteiger partial charge on any atom is 0.234 e. The van der Waals surface area contributed by atoms with Crippen LogP contribution in [-0.2, 0) is 20.7 Å². The van der Waals surface area contributed by atoms with Crippen LogP contribution < -0.4 is 10.6 Å². The third-order valence-corrected chi connectivity index (χ3v) is 5.44. The molecule has 8 heteroatoms. The van der Waals surface area contributed by atoms with Crippen LogP contribution in [0.25, 0.3) is 0 Å². The predicted octanol–water partition coefficient (Wildman–Crippen LogP) is -0.282. The minimum atomic E-state index is -0.698. The summed E-state index contributed by atoms with van der Waals surface area (Å²) in [4.78, 5) is 30.7. The Kier molecular flexibility index (Phi) is 7.76. The number of morpholine rings is 1. The maximum absolute atomic E-state index is 12.4. The molecule has 1 aliphatic heterocycles. The van der Waals surface area contributed by atoms with Crippen molar-refractivity contribution in [2.24, 2.45) is 5.92 Å². The zero-order valence-electron chi connectivity index (χ0n) is 16.2. The summed E-state index contributed by atoms with van der Waals surface area (Å²) < 4.78 is 5.28. The molecule has 1 aromatic heterocycles.